The van der Waals surface area contributed by atoms with E-state index in [1.165, 1.54) is 108 Å². The first kappa shape index (κ1) is 131. The average molecular weight is 1550 g/mol. The van der Waals surface area contributed by atoms with E-state index in [9.17, 15) is 35.1 Å². The van der Waals surface area contributed by atoms with E-state index in [0.29, 0.717) is 36.0 Å². The van der Waals surface area contributed by atoms with Crippen molar-refractivity contribution in [3.05, 3.63) is 12.2 Å². The fraction of sp³-hybridized carbons (Fsp3) is 0.979. The number of allylic oxidation sites excluding steroid dienone is 2. The largest absolute Gasteiger partial charge is 0.381 e. The quantitative estimate of drug-likeness (QED) is 0.0745. The molecule has 10 rings (SSSR count). The van der Waals surface area contributed by atoms with Crippen LogP contribution in [-0.2, 0) is 4.74 Å². The lowest BCUT2D eigenvalue weighted by Gasteiger charge is -2.35. The van der Waals surface area contributed by atoms with Gasteiger partial charge >= 0.3 is 0 Å². The maximum atomic E-state index is 13.2. The Labute approximate surface area is 666 Å². The summed E-state index contributed by atoms with van der Waals surface area (Å²) in [4.78, 5) is 0. The number of thioether (sulfide) groups is 1. The van der Waals surface area contributed by atoms with Gasteiger partial charge in [0.1, 0.15) is 11.3 Å². The van der Waals surface area contributed by atoms with Crippen LogP contribution in [0.1, 0.15) is 440 Å². The predicted octanol–water partition coefficient (Wildman–Crippen LogP) is 36.9. The highest BCUT2D eigenvalue weighted by atomic mass is 32.2. The standard InChI is InChI=1S/C9H16.2C8H14F2.C8H15F.2C8H16.C7H12F2.C7H13F.C7H14O.C7H14S.C7H16.11CH4/c1-8(2)7-9-5-3-4-6-9;1-6(2)3-7-4-8(9,10)5-7;1-6(2)8(9,10)7-4-3-5-7;1-7(2)6-8(9)4-3-5-8;1-7(2)6-8(3)4-5-8;1-7(2)6-8-4-3-5-8;1-5(2)3-6-4-7(6,8)9;1-6(2)5-7(8)3-4-7;2*1-6(2)3-7-4-8-5-7;1-4-5-6-7(2)3;;;;;;;;;;;/h3,5,8-9H,4,6-7H2,1-2H3;2*6-7H,3-5H2,1-2H3;7H,3-6H2,1-2H3;7H,4-6H2,1-3H3;7-8H,3-6H2,1-2H3;5-6H,3-4H2,1-2H3;6H,3-5H2,1-2H3;2*6-7H,3-5H2,1-2H3;7H,4-6H2,1-3H3;11*1H4. The van der Waals surface area contributed by atoms with Gasteiger partial charge in [-0.2, -0.15) is 11.8 Å². The number of hydrogen-bond acceptors (Lipinski definition) is 2. The van der Waals surface area contributed by atoms with Crippen molar-refractivity contribution in [2.24, 2.45) is 112 Å². The minimum absolute atomic E-state index is 0. The molecule has 652 valence electrons. The summed E-state index contributed by atoms with van der Waals surface area (Å²) in [5.74, 6) is 6.43. The van der Waals surface area contributed by atoms with Crippen molar-refractivity contribution in [2.45, 2.75) is 470 Å². The summed E-state index contributed by atoms with van der Waals surface area (Å²) in [6, 6.07) is 0. The molecular weight excluding hydrogens is 1340 g/mol. The zero-order valence-electron chi connectivity index (χ0n) is 66.4. The first-order chi connectivity index (χ1) is 43.4. The number of rotatable bonds is 23. The lowest BCUT2D eigenvalue weighted by molar-refractivity contribution is -0.122. The summed E-state index contributed by atoms with van der Waals surface area (Å²) in [5, 5.41) is 0. The van der Waals surface area contributed by atoms with Crippen molar-refractivity contribution < 1.29 is 39.9 Å². The molecule has 0 amide bonds. The van der Waals surface area contributed by atoms with Crippen molar-refractivity contribution in [1.82, 2.24) is 0 Å². The van der Waals surface area contributed by atoms with Gasteiger partial charge in [-0.05, 0) is 228 Å². The van der Waals surface area contributed by atoms with Crippen molar-refractivity contribution in [3.63, 3.8) is 0 Å². The first-order valence-electron chi connectivity index (χ1n) is 39.7. The second-order valence-corrected chi connectivity index (χ2v) is 37.8. The van der Waals surface area contributed by atoms with Crippen LogP contribution in [0.4, 0.5) is 35.1 Å². The summed E-state index contributed by atoms with van der Waals surface area (Å²) < 4.78 is 106. The molecule has 0 bridgehead atoms. The Morgan fingerprint density at radius 2 is 0.800 bits per heavy atom. The van der Waals surface area contributed by atoms with E-state index in [-0.39, 0.29) is 113 Å². The van der Waals surface area contributed by atoms with E-state index in [0.717, 1.165) is 148 Å². The van der Waals surface area contributed by atoms with Crippen LogP contribution >= 0.6 is 11.8 Å². The Balaban J connectivity index is -0.0000000898. The minimum Gasteiger partial charge on any atom is -0.381 e. The van der Waals surface area contributed by atoms with Crippen LogP contribution in [0.2, 0.25) is 0 Å². The van der Waals surface area contributed by atoms with Crippen LogP contribution in [0.25, 0.3) is 0 Å². The zero-order valence-corrected chi connectivity index (χ0v) is 67.2. The third kappa shape index (κ3) is 71.0. The van der Waals surface area contributed by atoms with E-state index in [1.54, 1.807) is 13.8 Å². The summed E-state index contributed by atoms with van der Waals surface area (Å²) in [7, 11) is 0. The highest BCUT2D eigenvalue weighted by Gasteiger charge is 2.56. The zero-order chi connectivity index (χ0) is 72.3. The number of alkyl halides is 8. The van der Waals surface area contributed by atoms with Crippen LogP contribution in [0.15, 0.2) is 12.2 Å². The third-order valence-corrected chi connectivity index (χ3v) is 21.2. The van der Waals surface area contributed by atoms with Gasteiger partial charge in [-0.25, -0.2) is 35.1 Å². The van der Waals surface area contributed by atoms with Gasteiger partial charge in [0, 0.05) is 42.9 Å². The van der Waals surface area contributed by atoms with E-state index >= 15 is 0 Å². The average Bonchev–Trinajstić information content (AvgIpc) is 1.74. The van der Waals surface area contributed by atoms with Crippen molar-refractivity contribution in [2.75, 3.05) is 24.7 Å². The maximum absolute atomic E-state index is 13.2. The van der Waals surface area contributed by atoms with Gasteiger partial charge in [0.05, 0.1) is 13.2 Å². The van der Waals surface area contributed by atoms with Crippen LogP contribution in [-0.4, -0.2) is 53.8 Å². The van der Waals surface area contributed by atoms with Crippen LogP contribution in [0.3, 0.4) is 0 Å². The van der Waals surface area contributed by atoms with E-state index in [4.69, 9.17) is 4.74 Å². The molecule has 8 aliphatic carbocycles. The molecule has 10 aliphatic rings. The maximum Gasteiger partial charge on any atom is 0.253 e. The Morgan fingerprint density at radius 1 is 0.419 bits per heavy atom. The molecular formula is C95H204F8OS. The molecule has 7 saturated carbocycles. The molecule has 0 aromatic carbocycles. The highest BCUT2D eigenvalue weighted by molar-refractivity contribution is 8.00. The Morgan fingerprint density at radius 3 is 0.943 bits per heavy atom. The highest BCUT2D eigenvalue weighted by Crippen LogP contribution is 2.52. The predicted molar refractivity (Wildman–Crippen MR) is 474 cm³/mol. The molecule has 2 aliphatic heterocycles. The molecule has 0 radical (unpaired) electrons. The fourth-order valence-electron chi connectivity index (χ4n) is 13.6. The van der Waals surface area contributed by atoms with Gasteiger partial charge in [-0.1, -0.05) is 305 Å². The van der Waals surface area contributed by atoms with Gasteiger partial charge in [0.25, 0.3) is 11.8 Å². The number of unbranched alkanes of at least 4 members (excludes halogenated alkanes) is 1. The van der Waals surface area contributed by atoms with Crippen LogP contribution in [0, 0.1) is 112 Å². The van der Waals surface area contributed by atoms with Gasteiger partial charge in [0.2, 0.25) is 5.92 Å². The number of halogens is 8. The topological polar surface area (TPSA) is 9.23 Å². The molecule has 0 aromatic rings. The summed E-state index contributed by atoms with van der Waals surface area (Å²) in [6.45, 7) is 53.8. The van der Waals surface area contributed by atoms with Crippen molar-refractivity contribution in [3.8, 4) is 0 Å². The lowest BCUT2D eigenvalue weighted by Crippen LogP contribution is -2.37. The lowest BCUT2D eigenvalue weighted by atomic mass is 9.77. The molecule has 2 unspecified atom stereocenters. The van der Waals surface area contributed by atoms with E-state index < -0.39 is 35.0 Å². The molecule has 10 heteroatoms. The SMILES string of the molecule is C.C.C.C.C.C.C.C.C.C.C.CC(C)C(F)(F)C1CCC1.CC(C)CC1(C)CC1.CC(C)CC1(F)CC1.CC(C)CC1(F)CCC1.CC(C)CC1C=CCC1.CC(C)CC1CC(F)(F)C1.CC(C)CC1CC1(F)F.CC(C)CC1CCC1.CC(C)CC1COC1.CC(C)CC1CSC1.CCCCC(C)C. The molecule has 0 aromatic heterocycles. The van der Waals surface area contributed by atoms with E-state index in [1.807, 2.05) is 13.8 Å². The molecule has 2 atom stereocenters. The van der Waals surface area contributed by atoms with Gasteiger partial charge in [-0.3, -0.25) is 0 Å². The molecule has 105 heavy (non-hydrogen) atoms. The number of ether oxygens (including phenoxy) is 1. The summed E-state index contributed by atoms with van der Waals surface area (Å²) in [6.07, 6.45) is 36.5. The van der Waals surface area contributed by atoms with Gasteiger partial charge < -0.3 is 4.74 Å². The second kappa shape index (κ2) is 66.9. The summed E-state index contributed by atoms with van der Waals surface area (Å²) >= 11 is 2.09. The molecule has 1 nitrogen and oxygen atoms in total. The number of hydrogen-bond donors (Lipinski definition) is 0. The fourth-order valence-corrected chi connectivity index (χ4v) is 14.5. The molecule has 0 spiro atoms. The van der Waals surface area contributed by atoms with Crippen LogP contribution in [0.5, 0.6) is 0 Å². The normalized spacial score (nSPS) is 20.6. The molecule has 2 heterocycles. The second-order valence-electron chi connectivity index (χ2n) is 36.7. The summed E-state index contributed by atoms with van der Waals surface area (Å²) in [5.41, 5.74) is -0.712. The third-order valence-electron chi connectivity index (χ3n) is 19.8. The molecule has 2 saturated heterocycles. The monoisotopic (exact) mass is 1550 g/mol. The van der Waals surface area contributed by atoms with Crippen molar-refractivity contribution >= 4 is 11.8 Å². The Hall–Kier alpha value is -0.510. The minimum atomic E-state index is -2.40. The van der Waals surface area contributed by atoms with Crippen LogP contribution < -0.4 is 0 Å². The molecule has 9 fully saturated rings. The Bertz CT molecular complexity index is 1750. The van der Waals surface area contributed by atoms with Gasteiger partial charge in [0.15, 0.2) is 0 Å². The first-order valence-corrected chi connectivity index (χ1v) is 40.8. The van der Waals surface area contributed by atoms with E-state index in [2.05, 4.69) is 162 Å². The van der Waals surface area contributed by atoms with Crippen molar-refractivity contribution in [1.29, 1.82) is 0 Å². The molecule has 0 N–H and O–H groups in total. The Kier molecular flexibility index (Phi) is 83.3. The smallest absolute Gasteiger partial charge is 0.253 e. The van der Waals surface area contributed by atoms with Gasteiger partial charge in [-0.15, -0.1) is 0 Å².